The Morgan fingerprint density at radius 2 is 2.06 bits per heavy atom. The number of likely N-dealkylation sites (tertiary alicyclic amines) is 1. The van der Waals surface area contributed by atoms with Crippen molar-refractivity contribution in [2.75, 3.05) is 20.1 Å². The third-order valence-corrected chi connectivity index (χ3v) is 3.27. The Bertz CT molecular complexity index is 386. The molecule has 0 saturated carbocycles. The molecule has 17 heavy (non-hydrogen) atoms. The lowest BCUT2D eigenvalue weighted by Gasteiger charge is -2.30. The Kier molecular flexibility index (Phi) is 3.79. The summed E-state index contributed by atoms with van der Waals surface area (Å²) in [5.41, 5.74) is 1.93. The predicted octanol–water partition coefficient (Wildman–Crippen LogP) is 1.82. The van der Waals surface area contributed by atoms with Crippen LogP contribution < -0.4 is 5.32 Å². The number of rotatable bonds is 2. The van der Waals surface area contributed by atoms with Gasteiger partial charge in [-0.25, -0.2) is 0 Å². The summed E-state index contributed by atoms with van der Waals surface area (Å²) in [6.07, 6.45) is 2.25. The molecule has 1 N–H and O–H groups in total. The smallest absolute Gasteiger partial charge is 0.251 e. The van der Waals surface area contributed by atoms with Crippen LogP contribution in [0.1, 0.15) is 28.8 Å². The highest BCUT2D eigenvalue weighted by atomic mass is 16.1. The summed E-state index contributed by atoms with van der Waals surface area (Å²) in [5, 5.41) is 3.10. The van der Waals surface area contributed by atoms with Gasteiger partial charge in [-0.1, -0.05) is 17.7 Å². The molecular formula is C14H20N2O. The molecule has 1 aliphatic heterocycles. The molecule has 1 atom stereocenters. The van der Waals surface area contributed by atoms with E-state index in [0.717, 1.165) is 31.5 Å². The summed E-state index contributed by atoms with van der Waals surface area (Å²) in [7, 11) is 2.10. The number of nitrogens with zero attached hydrogens (tertiary/aromatic N) is 1. The van der Waals surface area contributed by atoms with E-state index in [2.05, 4.69) is 17.3 Å². The van der Waals surface area contributed by atoms with Gasteiger partial charge in [-0.05, 0) is 45.5 Å². The number of aryl methyl sites for hydroxylation is 1. The van der Waals surface area contributed by atoms with Crippen LogP contribution in [0.5, 0.6) is 0 Å². The van der Waals surface area contributed by atoms with E-state index in [-0.39, 0.29) is 5.91 Å². The maximum atomic E-state index is 12.0. The second-order valence-electron chi connectivity index (χ2n) is 4.94. The second-order valence-corrected chi connectivity index (χ2v) is 4.94. The predicted molar refractivity (Wildman–Crippen MR) is 69.2 cm³/mol. The second kappa shape index (κ2) is 5.32. The van der Waals surface area contributed by atoms with Crippen molar-refractivity contribution < 1.29 is 4.79 Å². The van der Waals surface area contributed by atoms with Crippen molar-refractivity contribution in [1.29, 1.82) is 0 Å². The van der Waals surface area contributed by atoms with Crippen molar-refractivity contribution in [1.82, 2.24) is 10.2 Å². The molecular weight excluding hydrogens is 212 g/mol. The van der Waals surface area contributed by atoms with E-state index >= 15 is 0 Å². The molecule has 3 nitrogen and oxygen atoms in total. The maximum absolute atomic E-state index is 12.0. The molecule has 0 spiro atoms. The van der Waals surface area contributed by atoms with Gasteiger partial charge in [0.25, 0.3) is 5.91 Å². The lowest BCUT2D eigenvalue weighted by Crippen LogP contribution is -2.46. The molecule has 1 fully saturated rings. The number of carbonyl (C=O) groups excluding carboxylic acids is 1. The van der Waals surface area contributed by atoms with E-state index in [4.69, 9.17) is 0 Å². The molecule has 2 rings (SSSR count). The van der Waals surface area contributed by atoms with Crippen LogP contribution >= 0.6 is 0 Å². The van der Waals surface area contributed by atoms with E-state index in [0.29, 0.717) is 6.04 Å². The number of carbonyl (C=O) groups is 1. The first-order valence-electron chi connectivity index (χ1n) is 6.21. The van der Waals surface area contributed by atoms with E-state index in [1.807, 2.05) is 31.2 Å². The number of amides is 1. The Labute approximate surface area is 103 Å². The van der Waals surface area contributed by atoms with Gasteiger partial charge in [0.1, 0.15) is 0 Å². The topological polar surface area (TPSA) is 32.3 Å². The van der Waals surface area contributed by atoms with E-state index in [1.165, 1.54) is 5.56 Å². The number of nitrogens with one attached hydrogen (secondary N) is 1. The number of hydrogen-bond acceptors (Lipinski definition) is 2. The molecule has 1 heterocycles. The first-order valence-corrected chi connectivity index (χ1v) is 6.21. The summed E-state index contributed by atoms with van der Waals surface area (Å²) < 4.78 is 0. The highest BCUT2D eigenvalue weighted by Gasteiger charge is 2.19. The minimum atomic E-state index is 0.0466. The van der Waals surface area contributed by atoms with Crippen molar-refractivity contribution in [2.24, 2.45) is 0 Å². The summed E-state index contributed by atoms with van der Waals surface area (Å²) in [4.78, 5) is 14.3. The Morgan fingerprint density at radius 3 is 2.71 bits per heavy atom. The molecule has 0 radical (unpaired) electrons. The summed E-state index contributed by atoms with van der Waals surface area (Å²) in [6, 6.07) is 8.01. The highest BCUT2D eigenvalue weighted by Crippen LogP contribution is 2.09. The minimum Gasteiger partial charge on any atom is -0.348 e. The number of benzene rings is 1. The van der Waals surface area contributed by atoms with Gasteiger partial charge in [0.15, 0.2) is 0 Å². The molecule has 1 aliphatic rings. The lowest BCUT2D eigenvalue weighted by molar-refractivity contribution is 0.0912. The zero-order valence-corrected chi connectivity index (χ0v) is 10.6. The monoisotopic (exact) mass is 232 g/mol. The molecule has 1 aromatic carbocycles. The first-order chi connectivity index (χ1) is 8.15. The zero-order chi connectivity index (χ0) is 12.3. The van der Waals surface area contributed by atoms with Crippen LogP contribution in [0.2, 0.25) is 0 Å². The van der Waals surface area contributed by atoms with Crippen LogP contribution in [0, 0.1) is 6.92 Å². The fraction of sp³-hybridized carbons (Fsp3) is 0.500. The first kappa shape index (κ1) is 12.1. The molecule has 1 amide bonds. The lowest BCUT2D eigenvalue weighted by atomic mass is 10.1. The van der Waals surface area contributed by atoms with Crippen molar-refractivity contribution in [3.63, 3.8) is 0 Å². The van der Waals surface area contributed by atoms with Crippen LogP contribution in [0.25, 0.3) is 0 Å². The summed E-state index contributed by atoms with van der Waals surface area (Å²) >= 11 is 0. The van der Waals surface area contributed by atoms with Crippen molar-refractivity contribution in [2.45, 2.75) is 25.8 Å². The van der Waals surface area contributed by atoms with Crippen LogP contribution in [0.3, 0.4) is 0 Å². The maximum Gasteiger partial charge on any atom is 0.251 e. The molecule has 1 unspecified atom stereocenters. The van der Waals surface area contributed by atoms with E-state index in [1.54, 1.807) is 0 Å². The highest BCUT2D eigenvalue weighted by molar-refractivity contribution is 5.94. The Hall–Kier alpha value is -1.35. The fourth-order valence-electron chi connectivity index (χ4n) is 2.26. The fourth-order valence-corrected chi connectivity index (χ4v) is 2.26. The van der Waals surface area contributed by atoms with E-state index < -0.39 is 0 Å². The standard InChI is InChI=1S/C14H20N2O/c1-11-5-7-12(8-6-11)14(17)15-13-4-3-9-16(2)10-13/h5-8,13H,3-4,9-10H2,1-2H3,(H,15,17). The van der Waals surface area contributed by atoms with Gasteiger partial charge in [0.2, 0.25) is 0 Å². The molecule has 3 heteroatoms. The molecule has 0 aliphatic carbocycles. The van der Waals surface area contributed by atoms with Crippen LogP contribution in [0.4, 0.5) is 0 Å². The van der Waals surface area contributed by atoms with Crippen molar-refractivity contribution >= 4 is 5.91 Å². The number of likely N-dealkylation sites (N-methyl/N-ethyl adjacent to an activating group) is 1. The van der Waals surface area contributed by atoms with Crippen LogP contribution in [0.15, 0.2) is 24.3 Å². The van der Waals surface area contributed by atoms with Gasteiger partial charge in [-0.2, -0.15) is 0 Å². The van der Waals surface area contributed by atoms with Crippen molar-refractivity contribution in [3.05, 3.63) is 35.4 Å². The zero-order valence-electron chi connectivity index (χ0n) is 10.6. The Balaban J connectivity index is 1.94. The van der Waals surface area contributed by atoms with Crippen LogP contribution in [-0.4, -0.2) is 37.0 Å². The quantitative estimate of drug-likeness (QED) is 0.843. The van der Waals surface area contributed by atoms with Gasteiger partial charge in [-0.15, -0.1) is 0 Å². The van der Waals surface area contributed by atoms with Gasteiger partial charge in [0, 0.05) is 18.2 Å². The average Bonchev–Trinajstić information content (AvgIpc) is 2.29. The molecule has 92 valence electrons. The minimum absolute atomic E-state index is 0.0466. The van der Waals surface area contributed by atoms with E-state index in [9.17, 15) is 4.79 Å². The molecule has 1 saturated heterocycles. The third-order valence-electron chi connectivity index (χ3n) is 3.27. The van der Waals surface area contributed by atoms with Gasteiger partial charge in [-0.3, -0.25) is 4.79 Å². The number of piperidine rings is 1. The average molecular weight is 232 g/mol. The summed E-state index contributed by atoms with van der Waals surface area (Å²) in [6.45, 7) is 4.12. The van der Waals surface area contributed by atoms with Crippen molar-refractivity contribution in [3.8, 4) is 0 Å². The number of hydrogen-bond donors (Lipinski definition) is 1. The van der Waals surface area contributed by atoms with Gasteiger partial charge in [0.05, 0.1) is 0 Å². The SMILES string of the molecule is Cc1ccc(C(=O)NC2CCCN(C)C2)cc1. The Morgan fingerprint density at radius 1 is 1.35 bits per heavy atom. The van der Waals surface area contributed by atoms with Gasteiger partial charge >= 0.3 is 0 Å². The molecule has 0 bridgehead atoms. The molecule has 0 aromatic heterocycles. The van der Waals surface area contributed by atoms with Crippen LogP contribution in [-0.2, 0) is 0 Å². The molecule has 1 aromatic rings. The summed E-state index contributed by atoms with van der Waals surface area (Å²) in [5.74, 6) is 0.0466. The normalized spacial score (nSPS) is 21.2. The van der Waals surface area contributed by atoms with Gasteiger partial charge < -0.3 is 10.2 Å². The largest absolute Gasteiger partial charge is 0.348 e. The third kappa shape index (κ3) is 3.30.